The molecule has 0 fully saturated rings. The summed E-state index contributed by atoms with van der Waals surface area (Å²) in [6.45, 7) is 3.07. The quantitative estimate of drug-likeness (QED) is 0.750. The first-order chi connectivity index (χ1) is 10.8. The summed E-state index contributed by atoms with van der Waals surface area (Å²) in [5.74, 6) is 0.00963. The molecule has 0 spiro atoms. The third kappa shape index (κ3) is 1.88. The van der Waals surface area contributed by atoms with E-state index in [0.717, 1.165) is 24.2 Å². The van der Waals surface area contributed by atoms with E-state index >= 15 is 0 Å². The van der Waals surface area contributed by atoms with E-state index in [4.69, 9.17) is 0 Å². The van der Waals surface area contributed by atoms with Gasteiger partial charge in [-0.05, 0) is 43.7 Å². The van der Waals surface area contributed by atoms with Crippen LogP contribution in [-0.2, 0) is 6.42 Å². The Bertz CT molecular complexity index is 851. The van der Waals surface area contributed by atoms with E-state index in [9.17, 15) is 4.79 Å². The number of benzene rings is 1. The lowest BCUT2D eigenvalue weighted by atomic mass is 10.0. The number of fused-ring (bicyclic) bond motifs is 3. The highest BCUT2D eigenvalue weighted by Crippen LogP contribution is 2.33. The lowest BCUT2D eigenvalue weighted by molar-refractivity contribution is 0.0959. The highest BCUT2D eigenvalue weighted by molar-refractivity contribution is 6.04. The van der Waals surface area contributed by atoms with Gasteiger partial charge in [0.15, 0.2) is 0 Å². The molecule has 4 heteroatoms. The second-order valence-corrected chi connectivity index (χ2v) is 5.68. The monoisotopic (exact) mass is 291 g/mol. The minimum atomic E-state index is 0.00963. The Morgan fingerprint density at radius 1 is 1.23 bits per heavy atom. The minimum Gasteiger partial charge on any atom is -0.309 e. The molecule has 0 amide bonds. The van der Waals surface area contributed by atoms with Gasteiger partial charge in [0.2, 0.25) is 0 Å². The van der Waals surface area contributed by atoms with E-state index in [0.29, 0.717) is 5.56 Å². The van der Waals surface area contributed by atoms with Crippen LogP contribution >= 0.6 is 0 Å². The Labute approximate surface area is 128 Å². The summed E-state index contributed by atoms with van der Waals surface area (Å²) in [6.07, 6.45) is 4.27. The number of carbonyl (C=O) groups is 1. The first-order valence-electron chi connectivity index (χ1n) is 7.57. The standard InChI is InChI=1S/C18H17N3O/c1-12-17-15(8-11-20-12)14-4-2-3-5-16(14)21(17)18(22)13-6-9-19-10-7-13/h2-7,9-10,12,20H,8,11H2,1H3/t12-/m0/s1. The molecule has 1 aromatic carbocycles. The van der Waals surface area contributed by atoms with Gasteiger partial charge in [-0.3, -0.25) is 14.3 Å². The van der Waals surface area contributed by atoms with E-state index in [1.807, 2.05) is 22.8 Å². The fourth-order valence-corrected chi connectivity index (χ4v) is 3.40. The maximum absolute atomic E-state index is 13.0. The number of nitrogens with one attached hydrogen (secondary N) is 1. The summed E-state index contributed by atoms with van der Waals surface area (Å²) in [7, 11) is 0. The number of hydrogen-bond acceptors (Lipinski definition) is 3. The third-order valence-electron chi connectivity index (χ3n) is 4.39. The van der Waals surface area contributed by atoms with Gasteiger partial charge in [0.05, 0.1) is 5.52 Å². The predicted octanol–water partition coefficient (Wildman–Crippen LogP) is 2.93. The van der Waals surface area contributed by atoms with Gasteiger partial charge in [-0.1, -0.05) is 18.2 Å². The average molecular weight is 291 g/mol. The Morgan fingerprint density at radius 2 is 2.00 bits per heavy atom. The second kappa shape index (κ2) is 5.07. The van der Waals surface area contributed by atoms with E-state index in [1.54, 1.807) is 24.5 Å². The Balaban J connectivity index is 2.01. The fraction of sp³-hybridized carbons (Fsp3) is 0.222. The number of carbonyl (C=O) groups excluding carboxylic acids is 1. The van der Waals surface area contributed by atoms with Crippen molar-refractivity contribution in [2.75, 3.05) is 6.54 Å². The second-order valence-electron chi connectivity index (χ2n) is 5.68. The maximum Gasteiger partial charge on any atom is 0.262 e. The van der Waals surface area contributed by atoms with Gasteiger partial charge in [0.25, 0.3) is 5.91 Å². The summed E-state index contributed by atoms with van der Waals surface area (Å²) in [5, 5.41) is 4.65. The molecular weight excluding hydrogens is 274 g/mol. The number of aromatic nitrogens is 2. The summed E-state index contributed by atoms with van der Waals surface area (Å²) in [6, 6.07) is 11.9. The van der Waals surface area contributed by atoms with Gasteiger partial charge >= 0.3 is 0 Å². The lowest BCUT2D eigenvalue weighted by Gasteiger charge is -2.23. The molecule has 110 valence electrons. The van der Waals surface area contributed by atoms with Crippen LogP contribution in [0.2, 0.25) is 0 Å². The zero-order valence-electron chi connectivity index (χ0n) is 12.4. The maximum atomic E-state index is 13.0. The smallest absolute Gasteiger partial charge is 0.262 e. The van der Waals surface area contributed by atoms with Crippen molar-refractivity contribution in [1.82, 2.24) is 14.9 Å². The van der Waals surface area contributed by atoms with E-state index in [-0.39, 0.29) is 11.9 Å². The van der Waals surface area contributed by atoms with Crippen LogP contribution in [0.15, 0.2) is 48.8 Å². The molecule has 0 radical (unpaired) electrons. The molecule has 0 unspecified atom stereocenters. The molecule has 1 aliphatic heterocycles. The van der Waals surface area contributed by atoms with Crippen LogP contribution in [0, 0.1) is 0 Å². The number of nitrogens with zero attached hydrogens (tertiary/aromatic N) is 2. The number of rotatable bonds is 1. The van der Waals surface area contributed by atoms with Crippen LogP contribution in [0.25, 0.3) is 10.9 Å². The van der Waals surface area contributed by atoms with Crippen molar-refractivity contribution >= 4 is 16.8 Å². The molecule has 1 aliphatic rings. The van der Waals surface area contributed by atoms with E-state index in [2.05, 4.69) is 23.3 Å². The van der Waals surface area contributed by atoms with Crippen molar-refractivity contribution in [2.24, 2.45) is 0 Å². The SMILES string of the molecule is C[C@@H]1NCCc2c1n(C(=O)c1ccncc1)c1ccccc21. The first-order valence-corrected chi connectivity index (χ1v) is 7.57. The van der Waals surface area contributed by atoms with Gasteiger partial charge in [-0.2, -0.15) is 0 Å². The van der Waals surface area contributed by atoms with Crippen LogP contribution < -0.4 is 5.32 Å². The molecule has 1 atom stereocenters. The summed E-state index contributed by atoms with van der Waals surface area (Å²) in [4.78, 5) is 17.0. The zero-order valence-corrected chi connectivity index (χ0v) is 12.4. The van der Waals surface area contributed by atoms with Crippen molar-refractivity contribution < 1.29 is 4.79 Å². The summed E-state index contributed by atoms with van der Waals surface area (Å²) >= 11 is 0. The van der Waals surface area contributed by atoms with Crippen LogP contribution in [0.3, 0.4) is 0 Å². The van der Waals surface area contributed by atoms with E-state index < -0.39 is 0 Å². The molecule has 3 heterocycles. The number of hydrogen-bond donors (Lipinski definition) is 1. The molecule has 4 rings (SSSR count). The summed E-state index contributed by atoms with van der Waals surface area (Å²) < 4.78 is 1.87. The molecule has 0 bridgehead atoms. The molecule has 0 saturated heterocycles. The number of pyridine rings is 1. The summed E-state index contributed by atoms with van der Waals surface area (Å²) in [5.41, 5.74) is 4.04. The number of para-hydroxylation sites is 1. The predicted molar refractivity (Wildman–Crippen MR) is 86.0 cm³/mol. The van der Waals surface area contributed by atoms with Crippen molar-refractivity contribution in [3.63, 3.8) is 0 Å². The van der Waals surface area contributed by atoms with Crippen LogP contribution in [-0.4, -0.2) is 22.0 Å². The highest BCUT2D eigenvalue weighted by atomic mass is 16.2. The fourth-order valence-electron chi connectivity index (χ4n) is 3.40. The average Bonchev–Trinajstić information content (AvgIpc) is 2.91. The topological polar surface area (TPSA) is 46.9 Å². The normalized spacial score (nSPS) is 17.4. The largest absolute Gasteiger partial charge is 0.309 e. The van der Waals surface area contributed by atoms with Crippen molar-refractivity contribution in [1.29, 1.82) is 0 Å². The third-order valence-corrected chi connectivity index (χ3v) is 4.39. The van der Waals surface area contributed by atoms with Crippen LogP contribution in [0.4, 0.5) is 0 Å². The molecule has 22 heavy (non-hydrogen) atoms. The first kappa shape index (κ1) is 13.2. The lowest BCUT2D eigenvalue weighted by Crippen LogP contribution is -2.30. The van der Waals surface area contributed by atoms with Crippen LogP contribution in [0.1, 0.15) is 34.6 Å². The molecule has 4 nitrogen and oxygen atoms in total. The Hall–Kier alpha value is -2.46. The van der Waals surface area contributed by atoms with E-state index in [1.165, 1.54) is 10.9 Å². The van der Waals surface area contributed by atoms with Gasteiger partial charge in [-0.25, -0.2) is 0 Å². The molecule has 0 aliphatic carbocycles. The van der Waals surface area contributed by atoms with Gasteiger partial charge in [-0.15, -0.1) is 0 Å². The molecule has 1 N–H and O–H groups in total. The molecule has 3 aromatic rings. The molecular formula is C18H17N3O. The van der Waals surface area contributed by atoms with Crippen LogP contribution in [0.5, 0.6) is 0 Å². The van der Waals surface area contributed by atoms with Crippen molar-refractivity contribution in [2.45, 2.75) is 19.4 Å². The van der Waals surface area contributed by atoms with Crippen molar-refractivity contribution in [3.05, 3.63) is 65.6 Å². The minimum absolute atomic E-state index is 0.00963. The Morgan fingerprint density at radius 3 is 2.82 bits per heavy atom. The van der Waals surface area contributed by atoms with Crippen molar-refractivity contribution in [3.8, 4) is 0 Å². The molecule has 2 aromatic heterocycles. The zero-order chi connectivity index (χ0) is 15.1. The highest BCUT2D eigenvalue weighted by Gasteiger charge is 2.27. The van der Waals surface area contributed by atoms with Gasteiger partial charge in [0.1, 0.15) is 0 Å². The Kier molecular flexibility index (Phi) is 3.05. The molecule has 0 saturated carbocycles. The van der Waals surface area contributed by atoms with Gasteiger partial charge in [0, 0.05) is 35.1 Å². The van der Waals surface area contributed by atoms with Gasteiger partial charge < -0.3 is 5.32 Å².